The first-order valence-corrected chi connectivity index (χ1v) is 23.3. The molecule has 11 atom stereocenters. The SMILES string of the molecule is CO[C@@H]1[C@H](OP(=O)(O)OC[C@H]2O[C@@H](n3cnc(C(=O)NC(N)=C(C)C)c3C)[C@H](O)[C@@H]2O)[C@@H](COP(=O)(O)OP(=O)(O)OP(O)(O)=S)O[C@H]1n1cnc2c(N)ncnc21. The van der Waals surface area contributed by atoms with Crippen molar-refractivity contribution in [3.63, 3.8) is 0 Å². The largest absolute Gasteiger partial charge is 0.488 e. The van der Waals surface area contributed by atoms with Crippen LogP contribution in [0, 0.1) is 6.92 Å². The van der Waals surface area contributed by atoms with E-state index in [4.69, 9.17) is 39.2 Å². The molecule has 2 aliphatic rings. The lowest BCUT2D eigenvalue weighted by molar-refractivity contribution is -0.0599. The summed E-state index contributed by atoms with van der Waals surface area (Å²) < 4.78 is 81.1. The Morgan fingerprint density at radius 2 is 1.50 bits per heavy atom. The van der Waals surface area contributed by atoms with Crippen molar-refractivity contribution in [3.8, 4) is 0 Å². The molecule has 28 nitrogen and oxygen atoms in total. The highest BCUT2D eigenvalue weighted by molar-refractivity contribution is 8.08. The van der Waals surface area contributed by atoms with Crippen LogP contribution < -0.4 is 16.8 Å². The highest BCUT2D eigenvalue weighted by Crippen LogP contribution is 2.66. The zero-order valence-electron chi connectivity index (χ0n) is 30.3. The summed E-state index contributed by atoms with van der Waals surface area (Å²) in [5.74, 6) is -0.603. The van der Waals surface area contributed by atoms with E-state index in [-0.39, 0.29) is 34.2 Å². The number of rotatable bonds is 17. The van der Waals surface area contributed by atoms with Crippen LogP contribution in [0.5, 0.6) is 0 Å². The summed E-state index contributed by atoms with van der Waals surface area (Å²) in [7, 11) is -15.6. The molecule has 12 N–H and O–H groups in total. The summed E-state index contributed by atoms with van der Waals surface area (Å²) >= 11 is 4.07. The number of carbonyl (C=O) groups is 1. The van der Waals surface area contributed by atoms with Gasteiger partial charge in [-0.15, -0.1) is 0 Å². The maximum atomic E-state index is 13.5. The number of ether oxygens (including phenoxy) is 3. The number of methoxy groups -OCH3 is 1. The van der Waals surface area contributed by atoms with E-state index in [1.165, 1.54) is 22.4 Å². The van der Waals surface area contributed by atoms with Gasteiger partial charge in [0.15, 0.2) is 23.9 Å². The van der Waals surface area contributed by atoms with Gasteiger partial charge in [0.2, 0.25) is 0 Å². The minimum Gasteiger partial charge on any atom is -0.387 e. The van der Waals surface area contributed by atoms with Gasteiger partial charge in [-0.1, -0.05) is 0 Å². The third-order valence-electron chi connectivity index (χ3n) is 8.35. The monoisotopic (exact) mass is 925 g/mol. The summed E-state index contributed by atoms with van der Waals surface area (Å²) in [6.07, 6.45) is -9.11. The first-order chi connectivity index (χ1) is 26.8. The molecule has 5 heterocycles. The van der Waals surface area contributed by atoms with E-state index in [0.717, 1.165) is 19.8 Å². The fourth-order valence-electron chi connectivity index (χ4n) is 5.63. The van der Waals surface area contributed by atoms with Crippen LogP contribution in [0.4, 0.5) is 5.82 Å². The number of nitrogens with one attached hydrogen (secondary N) is 1. The molecule has 33 heteroatoms. The number of hydrogen-bond acceptors (Lipinski definition) is 21. The Labute approximate surface area is 331 Å². The quantitative estimate of drug-likeness (QED) is 0.0729. The molecule has 324 valence electrons. The van der Waals surface area contributed by atoms with Crippen molar-refractivity contribution in [2.24, 2.45) is 5.73 Å². The lowest BCUT2D eigenvalue weighted by atomic mass is 10.1. The number of fused-ring (bicyclic) bond motifs is 1. The second-order valence-corrected chi connectivity index (χ2v) is 19.8. The number of nitrogens with two attached hydrogens (primary N) is 2. The molecule has 2 saturated heterocycles. The second-order valence-electron chi connectivity index (χ2n) is 12.6. The fourth-order valence-corrected chi connectivity index (χ4v) is 10.4. The zero-order valence-corrected chi connectivity index (χ0v) is 34.7. The van der Waals surface area contributed by atoms with E-state index in [0.29, 0.717) is 5.57 Å². The number of nitrogen functional groups attached to an aromatic ring is 1. The van der Waals surface area contributed by atoms with Crippen molar-refractivity contribution < 1.29 is 89.6 Å². The lowest BCUT2D eigenvalue weighted by Gasteiger charge is -2.26. The number of amides is 1. The summed E-state index contributed by atoms with van der Waals surface area (Å²) in [6.45, 7) is -2.08. The van der Waals surface area contributed by atoms with Crippen LogP contribution in [0.25, 0.3) is 11.2 Å². The molecule has 58 heavy (non-hydrogen) atoms. The number of aromatic nitrogens is 6. The van der Waals surface area contributed by atoms with Crippen LogP contribution >= 0.6 is 30.2 Å². The van der Waals surface area contributed by atoms with Gasteiger partial charge in [-0.05, 0) is 38.2 Å². The number of phosphoric acid groups is 3. The molecule has 5 rings (SSSR count). The molecule has 2 fully saturated rings. The van der Waals surface area contributed by atoms with E-state index < -0.39 is 98.4 Å². The van der Waals surface area contributed by atoms with Gasteiger partial charge in [0.25, 0.3) is 5.91 Å². The average molecular weight is 926 g/mol. The highest BCUT2D eigenvalue weighted by Gasteiger charge is 2.52. The number of carbonyl (C=O) groups excluding carboxylic acids is 1. The zero-order chi connectivity index (χ0) is 43.1. The van der Waals surface area contributed by atoms with E-state index in [2.05, 4.69) is 45.7 Å². The summed E-state index contributed by atoms with van der Waals surface area (Å²) in [4.78, 5) is 77.9. The Balaban J connectivity index is 1.33. The molecule has 0 saturated carbocycles. The Bertz CT molecular complexity index is 2240. The predicted molar refractivity (Wildman–Crippen MR) is 195 cm³/mol. The molecule has 0 aromatic carbocycles. The first kappa shape index (κ1) is 46.4. The Morgan fingerprint density at radius 3 is 2.14 bits per heavy atom. The number of nitrogens with zero attached hydrogens (tertiary/aromatic N) is 6. The van der Waals surface area contributed by atoms with Crippen LogP contribution in [-0.4, -0.2) is 127 Å². The molecule has 3 aromatic heterocycles. The molecule has 3 unspecified atom stereocenters. The molecule has 0 bridgehead atoms. The summed E-state index contributed by atoms with van der Waals surface area (Å²) in [6, 6.07) is 0. The highest BCUT2D eigenvalue weighted by atomic mass is 32.5. The molecular formula is C25H39N9O19P4S. The van der Waals surface area contributed by atoms with E-state index >= 15 is 0 Å². The van der Waals surface area contributed by atoms with Gasteiger partial charge in [-0.25, -0.2) is 37.9 Å². The number of phosphoric ester groups is 2. The first-order valence-electron chi connectivity index (χ1n) is 16.2. The number of anilines is 1. The van der Waals surface area contributed by atoms with Crippen LogP contribution in [0.2, 0.25) is 0 Å². The van der Waals surface area contributed by atoms with Crippen molar-refractivity contribution in [3.05, 3.63) is 41.8 Å². The van der Waals surface area contributed by atoms with Crippen LogP contribution in [0.15, 0.2) is 30.4 Å². The van der Waals surface area contributed by atoms with Gasteiger partial charge in [0, 0.05) is 12.8 Å². The van der Waals surface area contributed by atoms with Crippen LogP contribution in [0.1, 0.15) is 42.5 Å². The molecule has 0 radical (unpaired) electrons. The van der Waals surface area contributed by atoms with Gasteiger partial charge in [-0.2, -0.15) is 4.31 Å². The van der Waals surface area contributed by atoms with Gasteiger partial charge in [0.05, 0.1) is 25.9 Å². The van der Waals surface area contributed by atoms with Crippen molar-refractivity contribution in [2.75, 3.05) is 26.1 Å². The number of imidazole rings is 2. The number of allylic oxidation sites excluding steroid dienone is 1. The van der Waals surface area contributed by atoms with Crippen LogP contribution in [0.3, 0.4) is 0 Å². The van der Waals surface area contributed by atoms with Gasteiger partial charge >= 0.3 is 30.2 Å². The predicted octanol–water partition coefficient (Wildman–Crippen LogP) is -0.953. The normalized spacial score (nSPS) is 28.2. The van der Waals surface area contributed by atoms with Crippen molar-refractivity contribution >= 4 is 64.9 Å². The van der Waals surface area contributed by atoms with E-state index in [1.807, 2.05) is 0 Å². The number of hydrogen-bond donors (Lipinski definition) is 10. The van der Waals surface area contributed by atoms with E-state index in [1.54, 1.807) is 13.8 Å². The molecule has 1 amide bonds. The minimum absolute atomic E-state index is 0.0375. The summed E-state index contributed by atoms with van der Waals surface area (Å²) in [5.41, 5.74) is 12.6. The molecule has 3 aromatic rings. The molecule has 0 spiro atoms. The Hall–Kier alpha value is -2.69. The molecular weight excluding hydrogens is 886 g/mol. The fraction of sp³-hybridized carbons (Fsp3) is 0.560. The van der Waals surface area contributed by atoms with Gasteiger partial charge in [-0.3, -0.25) is 22.9 Å². The van der Waals surface area contributed by atoms with Gasteiger partial charge < -0.3 is 70.2 Å². The van der Waals surface area contributed by atoms with Crippen molar-refractivity contribution in [1.29, 1.82) is 0 Å². The van der Waals surface area contributed by atoms with Gasteiger partial charge in [0.1, 0.15) is 60.0 Å². The third-order valence-corrected chi connectivity index (χ3v) is 13.7. The smallest absolute Gasteiger partial charge is 0.387 e. The molecule has 2 aliphatic heterocycles. The second kappa shape index (κ2) is 17.7. The maximum absolute atomic E-state index is 13.5. The average Bonchev–Trinajstić information content (AvgIpc) is 3.85. The minimum atomic E-state index is -5.73. The van der Waals surface area contributed by atoms with Crippen molar-refractivity contribution in [1.82, 2.24) is 34.4 Å². The standard InChI is InChI=1S/C25H39N9O19P4S/c1-10(2)20(26)32-23(37)14-11(3)33(8-30-14)24-17(36)16(35)12(49-24)5-47-54(38,39)51-18-13(6-48-55(40,41)52-56(42,43)53-57(44,45)58)50-25(19(18)46-4)34-9-31-15-21(27)28-7-29-22(15)34/h7-9,12-13,16-19,24-25,35-36H,5-6,26H2,1-4H3,(H,32,37)(H,38,39)(H,40,41)(H,42,43)(H2,27,28,29)(H2,44,45,58)/t12-,13-,16-,17-,18-,19-,24-,25-/m1/s1. The van der Waals surface area contributed by atoms with E-state index in [9.17, 15) is 53.2 Å². The molecule has 0 aliphatic carbocycles. The lowest BCUT2D eigenvalue weighted by Crippen LogP contribution is -2.38. The summed E-state index contributed by atoms with van der Waals surface area (Å²) in [5, 5.41) is 24.1. The Morgan fingerprint density at radius 1 is 0.879 bits per heavy atom. The number of aliphatic hydroxyl groups excluding tert-OH is 2. The Kier molecular flexibility index (Phi) is 14.2. The third kappa shape index (κ3) is 10.8. The topological polar surface area (TPSA) is 409 Å². The van der Waals surface area contributed by atoms with Crippen molar-refractivity contribution in [2.45, 2.75) is 69.9 Å². The maximum Gasteiger partial charge on any atom is 0.488 e. The van der Waals surface area contributed by atoms with Crippen LogP contribution in [-0.2, 0) is 61.9 Å². The number of aliphatic hydroxyl groups is 2.